The van der Waals surface area contributed by atoms with Crippen molar-refractivity contribution >= 4 is 17.5 Å². The summed E-state index contributed by atoms with van der Waals surface area (Å²) in [5.41, 5.74) is 2.40. The summed E-state index contributed by atoms with van der Waals surface area (Å²) < 4.78 is 11.2. The fourth-order valence-electron chi connectivity index (χ4n) is 3.74. The Labute approximate surface area is 156 Å². The lowest BCUT2D eigenvalue weighted by Gasteiger charge is -2.36. The largest absolute Gasteiger partial charge is 0.373 e. The Balaban J connectivity index is 1.50. The van der Waals surface area contributed by atoms with Gasteiger partial charge in [0.2, 0.25) is 0 Å². The van der Waals surface area contributed by atoms with E-state index in [1.54, 1.807) is 23.1 Å². The molecule has 26 heavy (non-hydrogen) atoms. The highest BCUT2D eigenvalue weighted by Gasteiger charge is 2.42. The van der Waals surface area contributed by atoms with E-state index in [1.807, 2.05) is 13.8 Å². The van der Waals surface area contributed by atoms with E-state index in [2.05, 4.69) is 15.0 Å². The van der Waals surface area contributed by atoms with Crippen molar-refractivity contribution in [3.8, 4) is 0 Å². The molecule has 8 heteroatoms. The lowest BCUT2D eigenvalue weighted by molar-refractivity contribution is -0.0505. The molecule has 7 nitrogen and oxygen atoms in total. The van der Waals surface area contributed by atoms with E-state index in [0.29, 0.717) is 30.5 Å². The summed E-state index contributed by atoms with van der Waals surface area (Å²) in [6, 6.07) is 5.25. The van der Waals surface area contributed by atoms with E-state index < -0.39 is 0 Å². The second kappa shape index (κ2) is 6.98. The molecule has 4 heterocycles. The zero-order valence-corrected chi connectivity index (χ0v) is 15.6. The summed E-state index contributed by atoms with van der Waals surface area (Å²) in [6.45, 7) is 7.30. The summed E-state index contributed by atoms with van der Waals surface area (Å²) in [5, 5.41) is 4.36. The average Bonchev–Trinajstić information content (AvgIpc) is 3.20. The van der Waals surface area contributed by atoms with Gasteiger partial charge in [0.25, 0.3) is 5.91 Å². The molecule has 2 atom stereocenters. The van der Waals surface area contributed by atoms with Gasteiger partial charge >= 0.3 is 0 Å². The monoisotopic (exact) mass is 376 g/mol. The molecule has 0 bridgehead atoms. The topological polar surface area (TPSA) is 71.7 Å². The molecule has 2 saturated heterocycles. The van der Waals surface area contributed by atoms with Crippen LogP contribution in [0.3, 0.4) is 0 Å². The molecule has 2 aliphatic rings. The molecule has 2 unspecified atom stereocenters. The Kier molecular flexibility index (Phi) is 4.69. The van der Waals surface area contributed by atoms with Gasteiger partial charge in [-0.25, -0.2) is 4.98 Å². The Morgan fingerprint density at radius 1 is 1.35 bits per heavy atom. The highest BCUT2D eigenvalue weighted by molar-refractivity contribution is 6.29. The van der Waals surface area contributed by atoms with Gasteiger partial charge < -0.3 is 14.2 Å². The fourth-order valence-corrected chi connectivity index (χ4v) is 3.90. The van der Waals surface area contributed by atoms with Gasteiger partial charge in [-0.1, -0.05) is 22.8 Å². The normalized spacial score (nSPS) is 23.3. The third-order valence-electron chi connectivity index (χ3n) is 5.18. The number of carbonyl (C=O) groups excluding carboxylic acids is 1. The minimum Gasteiger partial charge on any atom is -0.373 e. The van der Waals surface area contributed by atoms with Gasteiger partial charge in [0.15, 0.2) is 0 Å². The van der Waals surface area contributed by atoms with E-state index >= 15 is 0 Å². The zero-order chi connectivity index (χ0) is 18.3. The van der Waals surface area contributed by atoms with Crippen LogP contribution in [0.2, 0.25) is 5.15 Å². The number of pyridine rings is 1. The highest BCUT2D eigenvalue weighted by Crippen LogP contribution is 2.27. The van der Waals surface area contributed by atoms with Crippen molar-refractivity contribution in [2.75, 3.05) is 26.2 Å². The van der Waals surface area contributed by atoms with Gasteiger partial charge in [0.05, 0.1) is 24.4 Å². The number of halogens is 1. The molecule has 0 aromatic carbocycles. The summed E-state index contributed by atoms with van der Waals surface area (Å²) in [7, 11) is 0. The molecule has 0 radical (unpaired) electrons. The van der Waals surface area contributed by atoms with Crippen molar-refractivity contribution in [2.24, 2.45) is 0 Å². The number of aryl methyl sites for hydroxylation is 2. The van der Waals surface area contributed by atoms with Crippen molar-refractivity contribution in [3.05, 3.63) is 46.1 Å². The van der Waals surface area contributed by atoms with Crippen LogP contribution in [-0.4, -0.2) is 64.2 Å². The summed E-state index contributed by atoms with van der Waals surface area (Å²) in [6.07, 6.45) is 0.00681. The molecule has 2 aromatic heterocycles. The number of ether oxygens (including phenoxy) is 1. The molecular weight excluding hydrogens is 356 g/mol. The number of aromatic nitrogens is 2. The number of amides is 1. The van der Waals surface area contributed by atoms with Crippen LogP contribution in [0.25, 0.3) is 0 Å². The van der Waals surface area contributed by atoms with Crippen LogP contribution in [0, 0.1) is 13.8 Å². The van der Waals surface area contributed by atoms with Gasteiger partial charge in [0.1, 0.15) is 16.6 Å². The van der Waals surface area contributed by atoms with E-state index in [4.69, 9.17) is 20.9 Å². The molecule has 138 valence electrons. The minimum absolute atomic E-state index is 0.00681. The van der Waals surface area contributed by atoms with Crippen molar-refractivity contribution in [3.63, 3.8) is 0 Å². The SMILES string of the molecule is Cc1noc(C)c1CN1CCOC2CN(C(=O)c3cccc(Cl)n3)CC21. The van der Waals surface area contributed by atoms with Gasteiger partial charge in [-0.05, 0) is 26.0 Å². The van der Waals surface area contributed by atoms with E-state index in [0.717, 1.165) is 30.1 Å². The number of fused-ring (bicyclic) bond motifs is 1. The maximum atomic E-state index is 12.8. The Hall–Kier alpha value is -1.96. The van der Waals surface area contributed by atoms with Crippen molar-refractivity contribution in [1.29, 1.82) is 0 Å². The first-order chi connectivity index (χ1) is 12.5. The molecule has 0 N–H and O–H groups in total. The van der Waals surface area contributed by atoms with Crippen LogP contribution in [-0.2, 0) is 11.3 Å². The van der Waals surface area contributed by atoms with Crippen LogP contribution in [0.15, 0.2) is 22.7 Å². The van der Waals surface area contributed by atoms with Crippen molar-refractivity contribution in [1.82, 2.24) is 19.9 Å². The Bertz CT molecular complexity index is 805. The third-order valence-corrected chi connectivity index (χ3v) is 5.39. The lowest BCUT2D eigenvalue weighted by Crippen LogP contribution is -2.50. The summed E-state index contributed by atoms with van der Waals surface area (Å²) in [5.74, 6) is 0.738. The molecule has 1 amide bonds. The summed E-state index contributed by atoms with van der Waals surface area (Å²) >= 11 is 5.92. The van der Waals surface area contributed by atoms with Crippen LogP contribution >= 0.6 is 11.6 Å². The van der Waals surface area contributed by atoms with Gasteiger partial charge in [-0.3, -0.25) is 9.69 Å². The number of likely N-dealkylation sites (tertiary alicyclic amines) is 1. The smallest absolute Gasteiger partial charge is 0.272 e. The van der Waals surface area contributed by atoms with Gasteiger partial charge in [-0.2, -0.15) is 0 Å². The number of morpholine rings is 1. The number of carbonyl (C=O) groups is 1. The lowest BCUT2D eigenvalue weighted by atomic mass is 10.1. The van der Waals surface area contributed by atoms with Gasteiger partial charge in [-0.15, -0.1) is 0 Å². The second-order valence-corrected chi connectivity index (χ2v) is 7.19. The molecule has 4 rings (SSSR count). The van der Waals surface area contributed by atoms with Crippen LogP contribution < -0.4 is 0 Å². The van der Waals surface area contributed by atoms with Gasteiger partial charge in [0, 0.05) is 31.7 Å². The average molecular weight is 377 g/mol. The number of hydrogen-bond donors (Lipinski definition) is 0. The fraction of sp³-hybridized carbons (Fsp3) is 0.500. The van der Waals surface area contributed by atoms with Crippen LogP contribution in [0.4, 0.5) is 0 Å². The predicted molar refractivity (Wildman–Crippen MR) is 95.1 cm³/mol. The first-order valence-corrected chi connectivity index (χ1v) is 9.10. The number of nitrogens with zero attached hydrogens (tertiary/aromatic N) is 4. The van der Waals surface area contributed by atoms with Crippen molar-refractivity contribution < 1.29 is 14.1 Å². The maximum Gasteiger partial charge on any atom is 0.272 e. The molecule has 2 aromatic rings. The maximum absolute atomic E-state index is 12.8. The second-order valence-electron chi connectivity index (χ2n) is 6.81. The minimum atomic E-state index is -0.109. The molecule has 2 fully saturated rings. The van der Waals surface area contributed by atoms with Crippen LogP contribution in [0.1, 0.15) is 27.5 Å². The standard InChI is InChI=1S/C18H21ClN4O3/c1-11-13(12(2)26-21-11)8-22-6-7-25-16-10-23(9-15(16)22)18(24)14-4-3-5-17(19)20-14/h3-5,15-16H,6-10H2,1-2H3. The Morgan fingerprint density at radius 3 is 2.92 bits per heavy atom. The molecule has 0 saturated carbocycles. The first-order valence-electron chi connectivity index (χ1n) is 8.72. The van der Waals surface area contributed by atoms with Crippen LogP contribution in [0.5, 0.6) is 0 Å². The van der Waals surface area contributed by atoms with E-state index in [1.165, 1.54) is 0 Å². The van der Waals surface area contributed by atoms with E-state index in [-0.39, 0.29) is 18.1 Å². The van der Waals surface area contributed by atoms with E-state index in [9.17, 15) is 4.79 Å². The quantitative estimate of drug-likeness (QED) is 0.764. The molecule has 2 aliphatic heterocycles. The number of hydrogen-bond acceptors (Lipinski definition) is 6. The molecular formula is C18H21ClN4O3. The van der Waals surface area contributed by atoms with Crippen molar-refractivity contribution in [2.45, 2.75) is 32.5 Å². The molecule has 0 aliphatic carbocycles. The molecule has 0 spiro atoms. The Morgan fingerprint density at radius 2 is 2.19 bits per heavy atom. The first kappa shape index (κ1) is 17.5. The number of rotatable bonds is 3. The highest BCUT2D eigenvalue weighted by atomic mass is 35.5. The zero-order valence-electron chi connectivity index (χ0n) is 14.8. The third kappa shape index (κ3) is 3.22. The summed E-state index contributed by atoms with van der Waals surface area (Å²) in [4.78, 5) is 21.1. The predicted octanol–water partition coefficient (Wildman–Crippen LogP) is 2.07.